The Labute approximate surface area is 124 Å². The third-order valence-electron chi connectivity index (χ3n) is 3.51. The highest BCUT2D eigenvalue weighted by molar-refractivity contribution is 5.95. The minimum Gasteiger partial charge on any atom is -0.493 e. The molecule has 0 saturated carbocycles. The molecule has 1 fully saturated rings. The fourth-order valence-corrected chi connectivity index (χ4v) is 2.49. The maximum absolute atomic E-state index is 12.6. The van der Waals surface area contributed by atoms with Gasteiger partial charge in [0.05, 0.1) is 26.4 Å². The SMILES string of the molecule is COc1ccc(C(=O)N2CC(C)OC(CN)C2)cc1OC. The summed E-state index contributed by atoms with van der Waals surface area (Å²) in [7, 11) is 3.11. The first kappa shape index (κ1) is 15.6. The number of ether oxygens (including phenoxy) is 3. The van der Waals surface area contributed by atoms with E-state index in [0.717, 1.165) is 0 Å². The highest BCUT2D eigenvalue weighted by Gasteiger charge is 2.28. The molecule has 21 heavy (non-hydrogen) atoms. The Morgan fingerprint density at radius 3 is 2.67 bits per heavy atom. The topological polar surface area (TPSA) is 74.0 Å². The van der Waals surface area contributed by atoms with Gasteiger partial charge in [-0.3, -0.25) is 4.79 Å². The minimum atomic E-state index is -0.113. The summed E-state index contributed by atoms with van der Waals surface area (Å²) in [6.45, 7) is 3.41. The molecular weight excluding hydrogens is 272 g/mol. The summed E-state index contributed by atoms with van der Waals surface area (Å²) < 4.78 is 16.1. The Balaban J connectivity index is 2.19. The largest absolute Gasteiger partial charge is 0.493 e. The van der Waals surface area contributed by atoms with Gasteiger partial charge in [-0.2, -0.15) is 0 Å². The third-order valence-corrected chi connectivity index (χ3v) is 3.51. The van der Waals surface area contributed by atoms with Crippen LogP contribution in [-0.4, -0.2) is 56.9 Å². The zero-order valence-electron chi connectivity index (χ0n) is 12.7. The number of methoxy groups -OCH3 is 2. The van der Waals surface area contributed by atoms with E-state index < -0.39 is 0 Å². The molecule has 1 saturated heterocycles. The van der Waals surface area contributed by atoms with E-state index in [0.29, 0.717) is 36.7 Å². The van der Waals surface area contributed by atoms with Crippen LogP contribution in [0.4, 0.5) is 0 Å². The molecule has 0 radical (unpaired) electrons. The number of amides is 1. The standard InChI is InChI=1S/C15H22N2O4/c1-10-8-17(9-12(7-16)21-10)15(18)11-4-5-13(19-2)14(6-11)20-3/h4-6,10,12H,7-9,16H2,1-3H3. The van der Waals surface area contributed by atoms with E-state index in [9.17, 15) is 4.79 Å². The highest BCUT2D eigenvalue weighted by Crippen LogP contribution is 2.28. The lowest BCUT2D eigenvalue weighted by Gasteiger charge is -2.36. The van der Waals surface area contributed by atoms with E-state index >= 15 is 0 Å². The second-order valence-electron chi connectivity index (χ2n) is 5.08. The Kier molecular flexibility index (Phi) is 5.03. The van der Waals surface area contributed by atoms with Crippen molar-refractivity contribution < 1.29 is 19.0 Å². The van der Waals surface area contributed by atoms with Gasteiger partial charge in [-0.05, 0) is 25.1 Å². The monoisotopic (exact) mass is 294 g/mol. The van der Waals surface area contributed by atoms with E-state index in [1.165, 1.54) is 0 Å². The van der Waals surface area contributed by atoms with Gasteiger partial charge >= 0.3 is 0 Å². The number of carbonyl (C=O) groups is 1. The van der Waals surface area contributed by atoms with Crippen LogP contribution in [0.2, 0.25) is 0 Å². The van der Waals surface area contributed by atoms with E-state index in [1.807, 2.05) is 6.92 Å². The summed E-state index contributed by atoms with van der Waals surface area (Å²) in [5.74, 6) is 1.09. The molecule has 2 rings (SSSR count). The second-order valence-corrected chi connectivity index (χ2v) is 5.08. The Morgan fingerprint density at radius 2 is 2.05 bits per heavy atom. The first-order valence-corrected chi connectivity index (χ1v) is 6.95. The average molecular weight is 294 g/mol. The maximum Gasteiger partial charge on any atom is 0.254 e. The summed E-state index contributed by atoms with van der Waals surface area (Å²) in [6.07, 6.45) is -0.130. The molecule has 2 N–H and O–H groups in total. The lowest BCUT2D eigenvalue weighted by atomic mass is 10.1. The molecule has 0 bridgehead atoms. The summed E-state index contributed by atoms with van der Waals surface area (Å²) in [4.78, 5) is 14.4. The van der Waals surface area contributed by atoms with Crippen molar-refractivity contribution in [2.24, 2.45) is 5.73 Å². The molecule has 0 aromatic heterocycles. The lowest BCUT2D eigenvalue weighted by molar-refractivity contribution is -0.0625. The zero-order chi connectivity index (χ0) is 15.4. The maximum atomic E-state index is 12.6. The number of rotatable bonds is 4. The van der Waals surface area contributed by atoms with Gasteiger partial charge in [0.15, 0.2) is 11.5 Å². The number of nitrogens with zero attached hydrogens (tertiary/aromatic N) is 1. The number of benzene rings is 1. The minimum absolute atomic E-state index is 0.0172. The molecule has 1 aliphatic rings. The van der Waals surface area contributed by atoms with Gasteiger partial charge in [0.25, 0.3) is 5.91 Å². The molecule has 1 aliphatic heterocycles. The fourth-order valence-electron chi connectivity index (χ4n) is 2.49. The average Bonchev–Trinajstić information content (AvgIpc) is 2.52. The predicted molar refractivity (Wildman–Crippen MR) is 78.8 cm³/mol. The summed E-state index contributed by atoms with van der Waals surface area (Å²) in [5, 5.41) is 0. The van der Waals surface area contributed by atoms with Crippen molar-refractivity contribution in [1.82, 2.24) is 4.90 Å². The van der Waals surface area contributed by atoms with Crippen molar-refractivity contribution in [3.63, 3.8) is 0 Å². The molecule has 2 unspecified atom stereocenters. The quantitative estimate of drug-likeness (QED) is 0.893. The van der Waals surface area contributed by atoms with Crippen LogP contribution in [0.1, 0.15) is 17.3 Å². The van der Waals surface area contributed by atoms with Gasteiger partial charge in [-0.15, -0.1) is 0 Å². The van der Waals surface area contributed by atoms with Gasteiger partial charge in [-0.1, -0.05) is 0 Å². The highest BCUT2D eigenvalue weighted by atomic mass is 16.5. The van der Waals surface area contributed by atoms with Gasteiger partial charge < -0.3 is 24.8 Å². The molecule has 1 heterocycles. The summed E-state index contributed by atoms with van der Waals surface area (Å²) in [5.41, 5.74) is 6.22. The molecule has 0 aliphatic carbocycles. The Morgan fingerprint density at radius 1 is 1.33 bits per heavy atom. The second kappa shape index (κ2) is 6.78. The van der Waals surface area contributed by atoms with Crippen molar-refractivity contribution >= 4 is 5.91 Å². The Hall–Kier alpha value is -1.79. The smallest absolute Gasteiger partial charge is 0.254 e. The van der Waals surface area contributed by atoms with E-state index in [1.54, 1.807) is 37.3 Å². The van der Waals surface area contributed by atoms with Crippen LogP contribution in [0.5, 0.6) is 11.5 Å². The van der Waals surface area contributed by atoms with Crippen LogP contribution < -0.4 is 15.2 Å². The van der Waals surface area contributed by atoms with Crippen molar-refractivity contribution in [2.75, 3.05) is 33.9 Å². The molecule has 0 spiro atoms. The molecule has 6 heteroatoms. The summed E-state index contributed by atoms with van der Waals surface area (Å²) >= 11 is 0. The number of morpholine rings is 1. The summed E-state index contributed by atoms with van der Waals surface area (Å²) in [6, 6.07) is 5.16. The van der Waals surface area contributed by atoms with Crippen LogP contribution in [-0.2, 0) is 4.74 Å². The number of hydrogen-bond donors (Lipinski definition) is 1. The van der Waals surface area contributed by atoms with Crippen LogP contribution in [0.25, 0.3) is 0 Å². The van der Waals surface area contributed by atoms with Crippen LogP contribution in [0, 0.1) is 0 Å². The van der Waals surface area contributed by atoms with Crippen LogP contribution in [0.15, 0.2) is 18.2 Å². The molecule has 1 aromatic carbocycles. The van der Waals surface area contributed by atoms with E-state index in [4.69, 9.17) is 19.9 Å². The predicted octanol–water partition coefficient (Wildman–Crippen LogP) is 0.892. The van der Waals surface area contributed by atoms with Crippen molar-refractivity contribution in [1.29, 1.82) is 0 Å². The Bertz CT molecular complexity index is 506. The number of nitrogens with two attached hydrogens (primary N) is 1. The van der Waals surface area contributed by atoms with Crippen LogP contribution in [0.3, 0.4) is 0 Å². The molecular formula is C15H22N2O4. The molecule has 1 amide bonds. The molecule has 116 valence electrons. The molecule has 2 atom stereocenters. The first-order valence-electron chi connectivity index (χ1n) is 6.95. The third kappa shape index (κ3) is 3.46. The molecule has 6 nitrogen and oxygen atoms in total. The van der Waals surface area contributed by atoms with Crippen LogP contribution >= 0.6 is 0 Å². The number of hydrogen-bond acceptors (Lipinski definition) is 5. The van der Waals surface area contributed by atoms with Gasteiger partial charge in [0.1, 0.15) is 0 Å². The van der Waals surface area contributed by atoms with Crippen molar-refractivity contribution in [3.8, 4) is 11.5 Å². The van der Waals surface area contributed by atoms with E-state index in [2.05, 4.69) is 0 Å². The number of carbonyl (C=O) groups excluding carboxylic acids is 1. The lowest BCUT2D eigenvalue weighted by Crippen LogP contribution is -2.51. The van der Waals surface area contributed by atoms with E-state index in [-0.39, 0.29) is 18.1 Å². The van der Waals surface area contributed by atoms with Gasteiger partial charge in [0, 0.05) is 25.2 Å². The zero-order valence-corrected chi connectivity index (χ0v) is 12.7. The van der Waals surface area contributed by atoms with Crippen molar-refractivity contribution in [3.05, 3.63) is 23.8 Å². The van der Waals surface area contributed by atoms with Gasteiger partial charge in [-0.25, -0.2) is 0 Å². The van der Waals surface area contributed by atoms with Gasteiger partial charge in [0.2, 0.25) is 0 Å². The first-order chi connectivity index (χ1) is 10.1. The fraction of sp³-hybridized carbons (Fsp3) is 0.533. The normalized spacial score (nSPS) is 22.0. The molecule has 1 aromatic rings. The van der Waals surface area contributed by atoms with Crippen molar-refractivity contribution in [2.45, 2.75) is 19.1 Å².